The summed E-state index contributed by atoms with van der Waals surface area (Å²) in [5.41, 5.74) is 1.17. The Hall–Kier alpha value is -1.98. The fraction of sp³-hybridized carbons (Fsp3) is 0.125. The van der Waals surface area contributed by atoms with Gasteiger partial charge in [-0.05, 0) is 42.5 Å². The van der Waals surface area contributed by atoms with Crippen LogP contribution in [0.5, 0.6) is 0 Å². The highest BCUT2D eigenvalue weighted by atomic mass is 35.5. The van der Waals surface area contributed by atoms with E-state index in [0.717, 1.165) is 4.90 Å². The number of thioether (sulfide) groups is 1. The van der Waals surface area contributed by atoms with Crippen LogP contribution in [0.15, 0.2) is 53.4 Å². The number of nitrogens with one attached hydrogen (secondary N) is 1. The van der Waals surface area contributed by atoms with Crippen LogP contribution in [-0.2, 0) is 9.53 Å². The number of benzene rings is 2. The van der Waals surface area contributed by atoms with Crippen LogP contribution in [0, 0.1) is 0 Å². The third-order valence-corrected chi connectivity index (χ3v) is 4.00. The van der Waals surface area contributed by atoms with Crippen molar-refractivity contribution in [2.45, 2.75) is 4.90 Å². The second kappa shape index (κ2) is 7.87. The van der Waals surface area contributed by atoms with Gasteiger partial charge >= 0.3 is 5.97 Å². The molecule has 1 N–H and O–H groups in total. The zero-order valence-electron chi connectivity index (χ0n) is 11.8. The first-order chi connectivity index (χ1) is 10.6. The molecule has 0 heterocycles. The Balaban J connectivity index is 1.96. The van der Waals surface area contributed by atoms with E-state index in [1.54, 1.807) is 36.4 Å². The summed E-state index contributed by atoms with van der Waals surface area (Å²) in [5.74, 6) is -0.245. The number of esters is 1. The minimum absolute atomic E-state index is 0.225. The Morgan fingerprint density at radius 2 is 1.91 bits per heavy atom. The molecular formula is C16H14ClNO3S. The average Bonchev–Trinajstić information content (AvgIpc) is 2.53. The van der Waals surface area contributed by atoms with Crippen LogP contribution in [0.25, 0.3) is 0 Å². The van der Waals surface area contributed by atoms with Crippen LogP contribution in [0.1, 0.15) is 10.4 Å². The maximum atomic E-state index is 12.1. The molecule has 0 atom stereocenters. The number of rotatable bonds is 5. The second-order valence-corrected chi connectivity index (χ2v) is 5.84. The van der Waals surface area contributed by atoms with Gasteiger partial charge in [-0.1, -0.05) is 17.7 Å². The zero-order valence-corrected chi connectivity index (χ0v) is 13.4. The van der Waals surface area contributed by atoms with E-state index in [2.05, 4.69) is 10.1 Å². The lowest BCUT2D eigenvalue weighted by Crippen LogP contribution is -2.11. The van der Waals surface area contributed by atoms with E-state index in [1.807, 2.05) is 12.1 Å². The fourth-order valence-corrected chi connectivity index (χ4v) is 2.59. The highest BCUT2D eigenvalue weighted by Crippen LogP contribution is 2.21. The van der Waals surface area contributed by atoms with Gasteiger partial charge in [0, 0.05) is 21.2 Å². The molecule has 0 aliphatic carbocycles. The SMILES string of the molecule is COC(=O)CSc1ccc(NC(=O)c2cccc(Cl)c2)cc1. The molecule has 4 nitrogen and oxygen atoms in total. The Morgan fingerprint density at radius 1 is 1.18 bits per heavy atom. The van der Waals surface area contributed by atoms with Crippen molar-refractivity contribution in [2.75, 3.05) is 18.2 Å². The van der Waals surface area contributed by atoms with Gasteiger partial charge in [-0.3, -0.25) is 9.59 Å². The smallest absolute Gasteiger partial charge is 0.315 e. The van der Waals surface area contributed by atoms with Gasteiger partial charge in [0.25, 0.3) is 5.91 Å². The normalized spacial score (nSPS) is 10.1. The number of anilines is 1. The summed E-state index contributed by atoms with van der Waals surface area (Å²) in [6.07, 6.45) is 0. The predicted octanol–water partition coefficient (Wildman–Crippen LogP) is 3.86. The number of hydrogen-bond donors (Lipinski definition) is 1. The highest BCUT2D eigenvalue weighted by molar-refractivity contribution is 8.00. The summed E-state index contributed by atoms with van der Waals surface area (Å²) in [6, 6.07) is 14.0. The molecule has 2 aromatic rings. The zero-order chi connectivity index (χ0) is 15.9. The van der Waals surface area contributed by atoms with Crippen molar-refractivity contribution in [3.63, 3.8) is 0 Å². The topological polar surface area (TPSA) is 55.4 Å². The first-order valence-corrected chi connectivity index (χ1v) is 7.81. The van der Waals surface area contributed by atoms with E-state index >= 15 is 0 Å². The Morgan fingerprint density at radius 3 is 2.55 bits per heavy atom. The lowest BCUT2D eigenvalue weighted by atomic mass is 10.2. The molecule has 114 valence electrons. The van der Waals surface area contributed by atoms with E-state index in [1.165, 1.54) is 18.9 Å². The van der Waals surface area contributed by atoms with E-state index < -0.39 is 0 Å². The average molecular weight is 336 g/mol. The standard InChI is InChI=1S/C16H14ClNO3S/c1-21-15(19)10-22-14-7-5-13(6-8-14)18-16(20)11-3-2-4-12(17)9-11/h2-9H,10H2,1H3,(H,18,20). The summed E-state index contributed by atoms with van der Waals surface area (Å²) in [5, 5.41) is 3.31. The number of amides is 1. The van der Waals surface area contributed by atoms with Gasteiger partial charge in [0.05, 0.1) is 12.9 Å². The molecule has 6 heteroatoms. The third-order valence-electron chi connectivity index (χ3n) is 2.78. The first-order valence-electron chi connectivity index (χ1n) is 6.45. The molecule has 1 amide bonds. The monoisotopic (exact) mass is 335 g/mol. The molecule has 2 aromatic carbocycles. The van der Waals surface area contributed by atoms with Gasteiger partial charge in [-0.15, -0.1) is 11.8 Å². The Bertz CT molecular complexity index is 673. The summed E-state index contributed by atoms with van der Waals surface area (Å²) >= 11 is 7.24. The van der Waals surface area contributed by atoms with Crippen LogP contribution in [0.3, 0.4) is 0 Å². The number of carbonyl (C=O) groups excluding carboxylic acids is 2. The van der Waals surface area contributed by atoms with Crippen molar-refractivity contribution in [3.8, 4) is 0 Å². The van der Waals surface area contributed by atoms with Crippen molar-refractivity contribution < 1.29 is 14.3 Å². The molecule has 0 spiro atoms. The largest absolute Gasteiger partial charge is 0.468 e. The molecule has 0 radical (unpaired) electrons. The van der Waals surface area contributed by atoms with Gasteiger partial charge in [-0.25, -0.2) is 0 Å². The van der Waals surface area contributed by atoms with Crippen LogP contribution in [-0.4, -0.2) is 24.7 Å². The fourth-order valence-electron chi connectivity index (χ4n) is 1.67. The molecule has 22 heavy (non-hydrogen) atoms. The minimum Gasteiger partial charge on any atom is -0.468 e. The minimum atomic E-state index is -0.275. The van der Waals surface area contributed by atoms with Crippen LogP contribution >= 0.6 is 23.4 Å². The molecule has 0 fully saturated rings. The summed E-state index contributed by atoms with van der Waals surface area (Å²) < 4.78 is 4.58. The van der Waals surface area contributed by atoms with Gasteiger partial charge in [0.15, 0.2) is 0 Å². The van der Waals surface area contributed by atoms with E-state index in [4.69, 9.17) is 11.6 Å². The quantitative estimate of drug-likeness (QED) is 0.666. The lowest BCUT2D eigenvalue weighted by Gasteiger charge is -2.07. The number of hydrogen-bond acceptors (Lipinski definition) is 4. The summed E-state index contributed by atoms with van der Waals surface area (Å²) in [6.45, 7) is 0. The molecule has 0 aliphatic rings. The van der Waals surface area contributed by atoms with Gasteiger partial charge < -0.3 is 10.1 Å². The van der Waals surface area contributed by atoms with Gasteiger partial charge in [0.1, 0.15) is 0 Å². The van der Waals surface area contributed by atoms with Gasteiger partial charge in [-0.2, -0.15) is 0 Å². The van der Waals surface area contributed by atoms with E-state index in [-0.39, 0.29) is 17.6 Å². The number of halogens is 1. The molecule has 0 saturated heterocycles. The van der Waals surface area contributed by atoms with Crippen LogP contribution < -0.4 is 5.32 Å². The summed E-state index contributed by atoms with van der Waals surface area (Å²) in [7, 11) is 1.36. The molecule has 0 aromatic heterocycles. The maximum Gasteiger partial charge on any atom is 0.315 e. The molecule has 0 saturated carbocycles. The molecule has 2 rings (SSSR count). The van der Waals surface area contributed by atoms with Crippen LogP contribution in [0.2, 0.25) is 5.02 Å². The van der Waals surface area contributed by atoms with E-state index in [0.29, 0.717) is 16.3 Å². The molecule has 0 aliphatic heterocycles. The summed E-state index contributed by atoms with van der Waals surface area (Å²) in [4.78, 5) is 24.1. The molecule has 0 bridgehead atoms. The highest BCUT2D eigenvalue weighted by Gasteiger charge is 2.07. The second-order valence-electron chi connectivity index (χ2n) is 4.35. The van der Waals surface area contributed by atoms with Crippen molar-refractivity contribution >= 4 is 40.9 Å². The van der Waals surface area contributed by atoms with Gasteiger partial charge in [0.2, 0.25) is 0 Å². The number of methoxy groups -OCH3 is 1. The van der Waals surface area contributed by atoms with Crippen molar-refractivity contribution in [1.82, 2.24) is 0 Å². The third kappa shape index (κ3) is 4.79. The molecule has 0 unspecified atom stereocenters. The molecular weight excluding hydrogens is 322 g/mol. The van der Waals surface area contributed by atoms with Crippen molar-refractivity contribution in [1.29, 1.82) is 0 Å². The number of ether oxygens (including phenoxy) is 1. The number of carbonyl (C=O) groups is 2. The Kier molecular flexibility index (Phi) is 5.86. The lowest BCUT2D eigenvalue weighted by molar-refractivity contribution is -0.137. The van der Waals surface area contributed by atoms with Crippen LogP contribution in [0.4, 0.5) is 5.69 Å². The van der Waals surface area contributed by atoms with Crippen molar-refractivity contribution in [3.05, 3.63) is 59.1 Å². The Labute approximate surface area is 137 Å². The van der Waals surface area contributed by atoms with Crippen molar-refractivity contribution in [2.24, 2.45) is 0 Å². The van der Waals surface area contributed by atoms with E-state index in [9.17, 15) is 9.59 Å². The maximum absolute atomic E-state index is 12.1. The first kappa shape index (κ1) is 16.4. The predicted molar refractivity (Wildman–Crippen MR) is 88.6 cm³/mol.